The molecule has 8 heteroatoms. The van der Waals surface area contributed by atoms with Gasteiger partial charge in [0.15, 0.2) is 6.04 Å². The summed E-state index contributed by atoms with van der Waals surface area (Å²) < 4.78 is 9.99. The number of carbonyl (C=O) groups excluding carboxylic acids is 1. The van der Waals surface area contributed by atoms with Gasteiger partial charge in [0.2, 0.25) is 11.7 Å². The highest BCUT2D eigenvalue weighted by atomic mass is 16.6. The maximum atomic E-state index is 11.8. The average Bonchev–Trinajstić information content (AvgIpc) is 2.89. The van der Waals surface area contributed by atoms with E-state index in [-0.39, 0.29) is 0 Å². The number of carbonyl (C=O) groups is 2. The van der Waals surface area contributed by atoms with E-state index in [4.69, 9.17) is 9.26 Å². The van der Waals surface area contributed by atoms with Gasteiger partial charge in [0, 0.05) is 12.5 Å². The molecule has 0 aliphatic rings. The Balaban J connectivity index is 2.16. The first kappa shape index (κ1) is 17.5. The molecule has 1 heterocycles. The van der Waals surface area contributed by atoms with Crippen molar-refractivity contribution >= 4 is 12.1 Å². The van der Waals surface area contributed by atoms with Crippen molar-refractivity contribution in [1.29, 1.82) is 0 Å². The third-order valence-electron chi connectivity index (χ3n) is 2.94. The Kier molecular flexibility index (Phi) is 4.87. The third-order valence-corrected chi connectivity index (χ3v) is 2.94. The summed E-state index contributed by atoms with van der Waals surface area (Å²) in [5.74, 6) is -0.348. The number of alkyl carbamates (subject to hydrolysis) is 1. The molecule has 0 fully saturated rings. The molecule has 128 valence electrons. The lowest BCUT2D eigenvalue weighted by molar-refractivity contribution is -0.139. The van der Waals surface area contributed by atoms with Crippen LogP contribution in [0, 0.1) is 6.92 Å². The second-order valence-corrected chi connectivity index (χ2v) is 6.18. The number of aromatic nitrogens is 2. The monoisotopic (exact) mass is 333 g/mol. The Morgan fingerprint density at radius 1 is 1.25 bits per heavy atom. The van der Waals surface area contributed by atoms with Crippen molar-refractivity contribution in [2.24, 2.45) is 0 Å². The van der Waals surface area contributed by atoms with Gasteiger partial charge in [-0.05, 0) is 26.3 Å². The number of aryl methyl sites for hydroxylation is 1. The largest absolute Gasteiger partial charge is 0.479 e. The zero-order valence-corrected chi connectivity index (χ0v) is 13.9. The van der Waals surface area contributed by atoms with E-state index in [1.165, 1.54) is 0 Å². The van der Waals surface area contributed by atoms with E-state index in [9.17, 15) is 14.7 Å². The molecule has 1 aromatic carbocycles. The predicted octanol–water partition coefficient (Wildman–Crippen LogP) is 2.70. The standard InChI is InChI=1S/C16H19N3O5/c1-9-17-13(19-24-9)11-7-5-10(6-8-11)12(14(20)21)18-15(22)23-16(2,3)4/h5-8,12H,1-4H3,(H,18,22)(H,20,21). The molecular weight excluding hydrogens is 314 g/mol. The maximum Gasteiger partial charge on any atom is 0.408 e. The van der Waals surface area contributed by atoms with Crippen molar-refractivity contribution in [2.45, 2.75) is 39.3 Å². The zero-order chi connectivity index (χ0) is 17.9. The van der Waals surface area contributed by atoms with Crippen LogP contribution in [-0.4, -0.2) is 32.9 Å². The second kappa shape index (κ2) is 6.69. The van der Waals surface area contributed by atoms with Gasteiger partial charge < -0.3 is 19.7 Å². The number of rotatable bonds is 4. The highest BCUT2D eigenvalue weighted by Crippen LogP contribution is 2.20. The number of nitrogens with zero attached hydrogens (tertiary/aromatic N) is 2. The number of benzene rings is 1. The first-order chi connectivity index (χ1) is 11.2. The number of carboxylic acids is 1. The normalized spacial score (nSPS) is 12.5. The topological polar surface area (TPSA) is 115 Å². The van der Waals surface area contributed by atoms with Crippen LogP contribution in [0.25, 0.3) is 11.4 Å². The number of amides is 1. The van der Waals surface area contributed by atoms with Crippen molar-refractivity contribution in [2.75, 3.05) is 0 Å². The number of ether oxygens (including phenoxy) is 1. The Bertz CT molecular complexity index is 731. The summed E-state index contributed by atoms with van der Waals surface area (Å²) in [6, 6.07) is 5.26. The second-order valence-electron chi connectivity index (χ2n) is 6.18. The molecule has 1 amide bonds. The molecule has 2 rings (SSSR count). The Hall–Kier alpha value is -2.90. The van der Waals surface area contributed by atoms with Crippen molar-refractivity contribution in [1.82, 2.24) is 15.5 Å². The average molecular weight is 333 g/mol. The molecule has 24 heavy (non-hydrogen) atoms. The highest BCUT2D eigenvalue weighted by molar-refractivity contribution is 5.81. The molecule has 0 bridgehead atoms. The molecule has 0 radical (unpaired) electrons. The molecule has 2 N–H and O–H groups in total. The van der Waals surface area contributed by atoms with Crippen LogP contribution in [0.2, 0.25) is 0 Å². The third kappa shape index (κ3) is 4.55. The van der Waals surface area contributed by atoms with E-state index >= 15 is 0 Å². The summed E-state index contributed by atoms with van der Waals surface area (Å²) in [6.45, 7) is 6.77. The summed E-state index contributed by atoms with van der Waals surface area (Å²) in [5.41, 5.74) is 0.363. The summed E-state index contributed by atoms with van der Waals surface area (Å²) in [7, 11) is 0. The number of hydrogen-bond acceptors (Lipinski definition) is 6. The van der Waals surface area contributed by atoms with E-state index in [2.05, 4.69) is 15.5 Å². The molecule has 0 aliphatic heterocycles. The lowest BCUT2D eigenvalue weighted by atomic mass is 10.0. The van der Waals surface area contributed by atoms with Gasteiger partial charge >= 0.3 is 12.1 Å². The van der Waals surface area contributed by atoms with Crippen LogP contribution in [0.1, 0.15) is 38.3 Å². The van der Waals surface area contributed by atoms with E-state index in [0.717, 1.165) is 0 Å². The fourth-order valence-electron chi connectivity index (χ4n) is 1.95. The lowest BCUT2D eigenvalue weighted by Crippen LogP contribution is -2.38. The quantitative estimate of drug-likeness (QED) is 0.884. The molecule has 2 aromatic rings. The van der Waals surface area contributed by atoms with Gasteiger partial charge in [0.05, 0.1) is 0 Å². The van der Waals surface area contributed by atoms with Crippen LogP contribution in [0.15, 0.2) is 28.8 Å². The van der Waals surface area contributed by atoms with E-state index in [0.29, 0.717) is 22.8 Å². The van der Waals surface area contributed by atoms with E-state index < -0.39 is 23.7 Å². The van der Waals surface area contributed by atoms with Gasteiger partial charge in [-0.25, -0.2) is 9.59 Å². The summed E-state index contributed by atoms with van der Waals surface area (Å²) in [4.78, 5) is 27.4. The smallest absolute Gasteiger partial charge is 0.408 e. The molecule has 0 saturated carbocycles. The molecule has 0 aliphatic carbocycles. The summed E-state index contributed by atoms with van der Waals surface area (Å²) in [6.07, 6.45) is -0.798. The number of aliphatic carboxylic acids is 1. The number of hydrogen-bond donors (Lipinski definition) is 2. The van der Waals surface area contributed by atoms with Crippen LogP contribution < -0.4 is 5.32 Å². The molecule has 1 atom stereocenters. The summed E-state index contributed by atoms with van der Waals surface area (Å²) in [5, 5.41) is 15.5. The van der Waals surface area contributed by atoms with Crippen molar-refractivity contribution in [3.05, 3.63) is 35.7 Å². The first-order valence-electron chi connectivity index (χ1n) is 7.29. The van der Waals surface area contributed by atoms with E-state index in [1.807, 2.05) is 0 Å². The Morgan fingerprint density at radius 2 is 1.88 bits per heavy atom. The van der Waals surface area contributed by atoms with Crippen molar-refractivity contribution < 1.29 is 24.0 Å². The van der Waals surface area contributed by atoms with Crippen LogP contribution in [-0.2, 0) is 9.53 Å². The van der Waals surface area contributed by atoms with Crippen molar-refractivity contribution in [3.8, 4) is 11.4 Å². The Morgan fingerprint density at radius 3 is 2.33 bits per heavy atom. The SMILES string of the molecule is Cc1nc(-c2ccc(C(NC(=O)OC(C)(C)C)C(=O)O)cc2)no1. The van der Waals surface area contributed by atoms with Crippen LogP contribution in [0.5, 0.6) is 0 Å². The minimum absolute atomic E-state index is 0.400. The van der Waals surface area contributed by atoms with Gasteiger partial charge in [-0.1, -0.05) is 29.4 Å². The minimum atomic E-state index is -1.22. The minimum Gasteiger partial charge on any atom is -0.479 e. The van der Waals surface area contributed by atoms with Gasteiger partial charge in [0.1, 0.15) is 5.60 Å². The molecular formula is C16H19N3O5. The fraction of sp³-hybridized carbons (Fsp3) is 0.375. The van der Waals surface area contributed by atoms with Gasteiger partial charge in [0.25, 0.3) is 0 Å². The maximum absolute atomic E-state index is 11.8. The first-order valence-corrected chi connectivity index (χ1v) is 7.29. The highest BCUT2D eigenvalue weighted by Gasteiger charge is 2.25. The summed E-state index contributed by atoms with van der Waals surface area (Å²) >= 11 is 0. The molecule has 0 saturated heterocycles. The Labute approximate surface area is 138 Å². The van der Waals surface area contributed by atoms with Gasteiger partial charge in [-0.3, -0.25) is 0 Å². The van der Waals surface area contributed by atoms with Gasteiger partial charge in [-0.15, -0.1) is 0 Å². The molecule has 0 spiro atoms. The number of nitrogens with one attached hydrogen (secondary N) is 1. The van der Waals surface area contributed by atoms with E-state index in [1.54, 1.807) is 52.0 Å². The van der Waals surface area contributed by atoms with Crippen LogP contribution in [0.3, 0.4) is 0 Å². The molecule has 8 nitrogen and oxygen atoms in total. The zero-order valence-electron chi connectivity index (χ0n) is 13.9. The van der Waals surface area contributed by atoms with Crippen LogP contribution >= 0.6 is 0 Å². The predicted molar refractivity (Wildman–Crippen MR) is 84.2 cm³/mol. The fourth-order valence-corrected chi connectivity index (χ4v) is 1.95. The number of carboxylic acid groups (broad SMARTS) is 1. The van der Waals surface area contributed by atoms with Crippen molar-refractivity contribution in [3.63, 3.8) is 0 Å². The molecule has 1 aromatic heterocycles. The molecule has 1 unspecified atom stereocenters. The van der Waals surface area contributed by atoms with Crippen LogP contribution in [0.4, 0.5) is 4.79 Å². The van der Waals surface area contributed by atoms with Gasteiger partial charge in [-0.2, -0.15) is 4.98 Å². The lowest BCUT2D eigenvalue weighted by Gasteiger charge is -2.22.